The first-order chi connectivity index (χ1) is 14.5. The van der Waals surface area contributed by atoms with Crippen LogP contribution in [-0.2, 0) is 9.53 Å². The molecule has 7 nitrogen and oxygen atoms in total. The van der Waals surface area contributed by atoms with Gasteiger partial charge in [0.15, 0.2) is 11.3 Å². The van der Waals surface area contributed by atoms with Crippen LogP contribution in [0, 0.1) is 5.92 Å². The number of carbonyl (C=O) groups excluding carboxylic acids is 3. The molecule has 1 saturated carbocycles. The summed E-state index contributed by atoms with van der Waals surface area (Å²) < 4.78 is 5.34. The highest BCUT2D eigenvalue weighted by molar-refractivity contribution is 6.31. The van der Waals surface area contributed by atoms with Crippen LogP contribution in [0.1, 0.15) is 47.9 Å². The third-order valence-electron chi connectivity index (χ3n) is 4.93. The number of Topliss-reactive ketones (excluding diaryl/α,β-unsaturated/α-hetero) is 1. The van der Waals surface area contributed by atoms with Gasteiger partial charge in [0.05, 0.1) is 5.92 Å². The van der Waals surface area contributed by atoms with Gasteiger partial charge in [0.1, 0.15) is 5.60 Å². The number of ketones is 1. The van der Waals surface area contributed by atoms with Gasteiger partial charge >= 0.3 is 12.1 Å². The Bertz CT molecular complexity index is 1050. The first-order valence-corrected chi connectivity index (χ1v) is 10.0. The van der Waals surface area contributed by atoms with Crippen molar-refractivity contribution in [2.24, 2.45) is 5.92 Å². The van der Waals surface area contributed by atoms with Crippen LogP contribution in [0.3, 0.4) is 0 Å². The second kappa shape index (κ2) is 8.15. The fourth-order valence-electron chi connectivity index (χ4n) is 3.43. The van der Waals surface area contributed by atoms with Crippen LogP contribution in [0.5, 0.6) is 0 Å². The van der Waals surface area contributed by atoms with Gasteiger partial charge < -0.3 is 9.84 Å². The van der Waals surface area contributed by atoms with Crippen molar-refractivity contribution in [2.45, 2.75) is 38.3 Å². The highest BCUT2D eigenvalue weighted by atomic mass is 35.5. The number of hydrogen-bond donors (Lipinski definition) is 1. The van der Waals surface area contributed by atoms with Gasteiger partial charge in [-0.05, 0) is 51.5 Å². The fourth-order valence-corrected chi connectivity index (χ4v) is 3.62. The molecule has 0 aromatic heterocycles. The standard InChI is InChI=1S/C23H22ClNO6/c1-22(2,3)31-21(30)25(19(27)14-8-5-4-6-9-14)23(20(28)29)13-17(23)18(26)15-10-7-11-16(24)12-15/h4-12,17H,13H2,1-3H3,(H,28,29). The molecule has 2 atom stereocenters. The van der Waals surface area contributed by atoms with Gasteiger partial charge in [0.2, 0.25) is 0 Å². The van der Waals surface area contributed by atoms with Gasteiger partial charge in [0.25, 0.3) is 5.91 Å². The maximum atomic E-state index is 13.3. The third kappa shape index (κ3) is 4.46. The van der Waals surface area contributed by atoms with E-state index in [1.54, 1.807) is 51.1 Å². The van der Waals surface area contributed by atoms with E-state index < -0.39 is 40.8 Å². The SMILES string of the molecule is CC(C)(C)OC(=O)N(C(=O)c1ccccc1)C1(C(=O)O)CC1C(=O)c1cccc(Cl)c1. The van der Waals surface area contributed by atoms with Crippen LogP contribution in [0.2, 0.25) is 5.02 Å². The number of ether oxygens (including phenoxy) is 1. The van der Waals surface area contributed by atoms with Crippen LogP contribution in [0.4, 0.5) is 4.79 Å². The summed E-state index contributed by atoms with van der Waals surface area (Å²) in [6.45, 7) is 4.81. The lowest BCUT2D eigenvalue weighted by Gasteiger charge is -2.31. The van der Waals surface area contributed by atoms with Gasteiger partial charge in [-0.2, -0.15) is 0 Å². The van der Waals surface area contributed by atoms with Gasteiger partial charge in [-0.3, -0.25) is 9.59 Å². The van der Waals surface area contributed by atoms with Crippen molar-refractivity contribution in [3.05, 3.63) is 70.7 Å². The number of aliphatic carboxylic acids is 1. The minimum absolute atomic E-state index is 0.106. The van der Waals surface area contributed by atoms with E-state index in [1.807, 2.05) is 0 Å². The minimum Gasteiger partial charge on any atom is -0.479 e. The normalized spacial score (nSPS) is 19.9. The molecule has 2 aromatic carbocycles. The molecule has 2 aromatic rings. The molecule has 162 valence electrons. The number of carboxylic acid groups (broad SMARTS) is 1. The topological polar surface area (TPSA) is 101 Å². The molecule has 0 heterocycles. The van der Waals surface area contributed by atoms with Gasteiger partial charge in [0, 0.05) is 16.1 Å². The lowest BCUT2D eigenvalue weighted by molar-refractivity contribution is -0.144. The second-order valence-corrected chi connectivity index (χ2v) is 8.78. The van der Waals surface area contributed by atoms with Crippen LogP contribution < -0.4 is 0 Å². The zero-order valence-electron chi connectivity index (χ0n) is 17.3. The molecule has 1 aliphatic rings. The number of nitrogens with zero attached hydrogens (tertiary/aromatic N) is 1. The molecular formula is C23H22ClNO6. The highest BCUT2D eigenvalue weighted by Gasteiger charge is 2.71. The summed E-state index contributed by atoms with van der Waals surface area (Å²) in [5.74, 6) is -3.94. The summed E-state index contributed by atoms with van der Waals surface area (Å²) in [5, 5.41) is 10.4. The van der Waals surface area contributed by atoms with Crippen molar-refractivity contribution >= 4 is 35.4 Å². The number of halogens is 1. The Balaban J connectivity index is 2.04. The van der Waals surface area contributed by atoms with E-state index in [2.05, 4.69) is 0 Å². The summed E-state index contributed by atoms with van der Waals surface area (Å²) in [6, 6.07) is 13.9. The van der Waals surface area contributed by atoms with E-state index >= 15 is 0 Å². The van der Waals surface area contributed by atoms with E-state index in [9.17, 15) is 24.3 Å². The first kappa shape index (κ1) is 22.5. The maximum Gasteiger partial charge on any atom is 0.418 e. The van der Waals surface area contributed by atoms with Crippen LogP contribution in [-0.4, -0.2) is 44.9 Å². The Kier molecular flexibility index (Phi) is 5.91. The number of benzene rings is 2. The van der Waals surface area contributed by atoms with Gasteiger partial charge in [-0.1, -0.05) is 41.9 Å². The Morgan fingerprint density at radius 3 is 2.19 bits per heavy atom. The highest BCUT2D eigenvalue weighted by Crippen LogP contribution is 2.51. The summed E-state index contributed by atoms with van der Waals surface area (Å²) in [5.41, 5.74) is -2.71. The van der Waals surface area contributed by atoms with Crippen molar-refractivity contribution in [1.29, 1.82) is 0 Å². The Morgan fingerprint density at radius 1 is 1.03 bits per heavy atom. The van der Waals surface area contributed by atoms with E-state index in [0.29, 0.717) is 9.92 Å². The summed E-state index contributed by atoms with van der Waals surface area (Å²) >= 11 is 5.96. The van der Waals surface area contributed by atoms with Crippen LogP contribution in [0.15, 0.2) is 54.6 Å². The zero-order chi connectivity index (χ0) is 23.0. The molecular weight excluding hydrogens is 422 g/mol. The second-order valence-electron chi connectivity index (χ2n) is 8.35. The molecule has 0 saturated heterocycles. The number of imide groups is 1. The number of carboxylic acids is 1. The molecule has 8 heteroatoms. The van der Waals surface area contributed by atoms with Crippen molar-refractivity contribution in [2.75, 3.05) is 0 Å². The molecule has 1 N–H and O–H groups in total. The molecule has 0 radical (unpaired) electrons. The Morgan fingerprint density at radius 2 is 1.65 bits per heavy atom. The van der Waals surface area contributed by atoms with E-state index in [-0.39, 0.29) is 17.5 Å². The molecule has 31 heavy (non-hydrogen) atoms. The fraction of sp³-hybridized carbons (Fsp3) is 0.304. The molecule has 1 aliphatic carbocycles. The predicted octanol–water partition coefficient (Wildman–Crippen LogP) is 4.44. The van der Waals surface area contributed by atoms with Crippen molar-refractivity contribution in [1.82, 2.24) is 4.90 Å². The quantitative estimate of drug-likeness (QED) is 0.685. The maximum absolute atomic E-state index is 13.3. The largest absolute Gasteiger partial charge is 0.479 e. The number of rotatable bonds is 5. The smallest absolute Gasteiger partial charge is 0.418 e. The Hall–Kier alpha value is -3.19. The van der Waals surface area contributed by atoms with Gasteiger partial charge in [-0.15, -0.1) is 0 Å². The molecule has 0 spiro atoms. The molecule has 2 unspecified atom stereocenters. The molecule has 0 aliphatic heterocycles. The molecule has 2 amide bonds. The van der Waals surface area contributed by atoms with Gasteiger partial charge in [-0.25, -0.2) is 14.5 Å². The summed E-state index contributed by atoms with van der Waals surface area (Å²) in [6.07, 6.45) is -1.34. The molecule has 3 rings (SSSR count). The van der Waals surface area contributed by atoms with Crippen molar-refractivity contribution in [3.63, 3.8) is 0 Å². The van der Waals surface area contributed by atoms with E-state index in [4.69, 9.17) is 16.3 Å². The molecule has 1 fully saturated rings. The Labute approximate surface area is 184 Å². The monoisotopic (exact) mass is 443 g/mol. The van der Waals surface area contributed by atoms with E-state index in [0.717, 1.165) is 0 Å². The van der Waals surface area contributed by atoms with Crippen molar-refractivity contribution in [3.8, 4) is 0 Å². The van der Waals surface area contributed by atoms with Crippen molar-refractivity contribution < 1.29 is 29.0 Å². The predicted molar refractivity (Wildman–Crippen MR) is 113 cm³/mol. The summed E-state index contributed by atoms with van der Waals surface area (Å²) in [7, 11) is 0. The summed E-state index contributed by atoms with van der Waals surface area (Å²) in [4.78, 5) is 52.2. The zero-order valence-corrected chi connectivity index (χ0v) is 18.1. The lowest BCUT2D eigenvalue weighted by atomic mass is 10.0. The molecule has 0 bridgehead atoms. The number of hydrogen-bond acceptors (Lipinski definition) is 5. The average Bonchev–Trinajstić information content (AvgIpc) is 3.43. The number of carbonyl (C=O) groups is 4. The third-order valence-corrected chi connectivity index (χ3v) is 5.16. The van der Waals surface area contributed by atoms with E-state index in [1.165, 1.54) is 24.3 Å². The minimum atomic E-state index is -2.05. The number of amides is 2. The average molecular weight is 444 g/mol. The van der Waals surface area contributed by atoms with Crippen LogP contribution in [0.25, 0.3) is 0 Å². The van der Waals surface area contributed by atoms with Crippen LogP contribution >= 0.6 is 11.6 Å². The first-order valence-electron chi connectivity index (χ1n) is 9.63. The lowest BCUT2D eigenvalue weighted by Crippen LogP contribution is -2.54.